The van der Waals surface area contributed by atoms with Gasteiger partial charge in [-0.3, -0.25) is 4.79 Å². The largest absolute Gasteiger partial charge is 0.469 e. The van der Waals surface area contributed by atoms with Crippen LogP contribution in [0.5, 0.6) is 0 Å². The van der Waals surface area contributed by atoms with Crippen molar-refractivity contribution in [1.29, 1.82) is 0 Å². The minimum atomic E-state index is -0.299. The number of benzene rings is 1. The van der Waals surface area contributed by atoms with Crippen LogP contribution >= 0.6 is 0 Å². The number of amides is 1. The first-order valence-electron chi connectivity index (χ1n) is 9.66. The van der Waals surface area contributed by atoms with E-state index in [0.29, 0.717) is 11.8 Å². The van der Waals surface area contributed by atoms with Crippen molar-refractivity contribution in [2.45, 2.75) is 64.1 Å². The molecule has 0 spiro atoms. The maximum absolute atomic E-state index is 13.0. The van der Waals surface area contributed by atoms with E-state index in [1.54, 1.807) is 0 Å². The lowest BCUT2D eigenvalue weighted by atomic mass is 9.70. The van der Waals surface area contributed by atoms with Crippen LogP contribution in [0.15, 0.2) is 30.3 Å². The Hall–Kier alpha value is -2.04. The van der Waals surface area contributed by atoms with Crippen molar-refractivity contribution in [3.63, 3.8) is 0 Å². The van der Waals surface area contributed by atoms with E-state index in [4.69, 9.17) is 9.47 Å². The summed E-state index contributed by atoms with van der Waals surface area (Å²) in [4.78, 5) is 26.7. The third-order valence-corrected chi connectivity index (χ3v) is 6.01. The Morgan fingerprint density at radius 3 is 2.62 bits per heavy atom. The monoisotopic (exact) mass is 359 g/mol. The highest BCUT2D eigenvalue weighted by molar-refractivity contribution is 5.73. The van der Waals surface area contributed by atoms with Gasteiger partial charge in [-0.2, -0.15) is 0 Å². The number of hydrogen-bond acceptors (Lipinski definition) is 4. The van der Waals surface area contributed by atoms with Crippen LogP contribution in [0.4, 0.5) is 4.79 Å². The van der Waals surface area contributed by atoms with Crippen LogP contribution in [0.2, 0.25) is 0 Å². The Morgan fingerprint density at radius 1 is 1.12 bits per heavy atom. The Labute approximate surface area is 155 Å². The zero-order valence-corrected chi connectivity index (χ0v) is 15.7. The summed E-state index contributed by atoms with van der Waals surface area (Å²) in [6.07, 6.45) is 5.18. The average molecular weight is 359 g/mol. The summed E-state index contributed by atoms with van der Waals surface area (Å²) in [5, 5.41) is 0. The van der Waals surface area contributed by atoms with Crippen LogP contribution in [0.25, 0.3) is 0 Å². The van der Waals surface area contributed by atoms with Gasteiger partial charge in [0, 0.05) is 12.1 Å². The van der Waals surface area contributed by atoms with Crippen LogP contribution in [0, 0.1) is 11.8 Å². The highest BCUT2D eigenvalue weighted by Gasteiger charge is 2.44. The van der Waals surface area contributed by atoms with Gasteiger partial charge in [-0.1, -0.05) is 50.1 Å². The number of hydrogen-bond donors (Lipinski definition) is 0. The van der Waals surface area contributed by atoms with E-state index in [1.807, 2.05) is 35.2 Å². The maximum atomic E-state index is 13.0. The van der Waals surface area contributed by atoms with E-state index in [2.05, 4.69) is 6.92 Å². The second-order valence-corrected chi connectivity index (χ2v) is 7.60. The van der Waals surface area contributed by atoms with Gasteiger partial charge in [0.25, 0.3) is 0 Å². The van der Waals surface area contributed by atoms with E-state index in [-0.39, 0.29) is 37.2 Å². The van der Waals surface area contributed by atoms with Crippen molar-refractivity contribution in [1.82, 2.24) is 4.90 Å². The molecule has 1 heterocycles. The Kier molecular flexibility index (Phi) is 6.17. The molecule has 1 aliphatic heterocycles. The highest BCUT2D eigenvalue weighted by atomic mass is 16.6. The van der Waals surface area contributed by atoms with E-state index >= 15 is 0 Å². The Bertz CT molecular complexity index is 618. The van der Waals surface area contributed by atoms with Gasteiger partial charge in [0.2, 0.25) is 0 Å². The van der Waals surface area contributed by atoms with Gasteiger partial charge in [0.15, 0.2) is 0 Å². The van der Waals surface area contributed by atoms with Gasteiger partial charge in [-0.05, 0) is 36.7 Å². The summed E-state index contributed by atoms with van der Waals surface area (Å²) in [6.45, 7) is 2.54. The molecule has 26 heavy (non-hydrogen) atoms. The van der Waals surface area contributed by atoms with Gasteiger partial charge in [-0.15, -0.1) is 0 Å². The smallest absolute Gasteiger partial charge is 0.410 e. The van der Waals surface area contributed by atoms with Crippen LogP contribution in [-0.4, -0.2) is 36.2 Å². The number of nitrogens with zero attached hydrogens (tertiary/aromatic N) is 1. The molecular weight excluding hydrogens is 330 g/mol. The number of rotatable bonds is 4. The van der Waals surface area contributed by atoms with Crippen molar-refractivity contribution < 1.29 is 19.1 Å². The van der Waals surface area contributed by atoms with E-state index in [0.717, 1.165) is 31.2 Å². The quantitative estimate of drug-likeness (QED) is 0.758. The summed E-state index contributed by atoms with van der Waals surface area (Å²) in [6, 6.07) is 9.74. The lowest BCUT2D eigenvalue weighted by Gasteiger charge is -2.49. The van der Waals surface area contributed by atoms with Crippen LogP contribution in [0.3, 0.4) is 0 Å². The van der Waals surface area contributed by atoms with Gasteiger partial charge < -0.3 is 14.4 Å². The SMILES string of the molecule is COC(=O)C[C@H]1CC[C@H]2[C@H](C)CCC[C@H]2N1C(=O)OCc1ccccc1. The molecule has 1 aromatic rings. The summed E-state index contributed by atoms with van der Waals surface area (Å²) >= 11 is 0. The molecule has 5 heteroatoms. The fourth-order valence-electron chi connectivity index (χ4n) is 4.63. The first-order chi connectivity index (χ1) is 12.6. The molecule has 0 N–H and O–H groups in total. The van der Waals surface area contributed by atoms with Gasteiger partial charge in [-0.25, -0.2) is 4.79 Å². The van der Waals surface area contributed by atoms with Crippen LogP contribution < -0.4 is 0 Å². The van der Waals surface area contributed by atoms with Gasteiger partial charge in [0.05, 0.1) is 13.5 Å². The van der Waals surface area contributed by atoms with Crippen LogP contribution in [0.1, 0.15) is 51.0 Å². The predicted molar refractivity (Wildman–Crippen MR) is 98.4 cm³/mol. The Balaban J connectivity index is 1.74. The molecule has 2 fully saturated rings. The standard InChI is InChI=1S/C21H29NO4/c1-15-7-6-10-19-18(15)12-11-17(13-20(23)25-2)22(19)21(24)26-14-16-8-4-3-5-9-16/h3-5,8-9,15,17-19H,6-7,10-14H2,1-2H3/t15-,17-,18+,19-/m1/s1. The molecule has 4 atom stereocenters. The van der Waals surface area contributed by atoms with Crippen LogP contribution in [-0.2, 0) is 20.9 Å². The first-order valence-corrected chi connectivity index (χ1v) is 9.66. The van der Waals surface area contributed by atoms with Crippen molar-refractivity contribution in [3.8, 4) is 0 Å². The molecule has 1 aliphatic carbocycles. The second-order valence-electron chi connectivity index (χ2n) is 7.60. The molecule has 1 amide bonds. The molecule has 142 valence electrons. The molecule has 0 radical (unpaired) electrons. The highest BCUT2D eigenvalue weighted by Crippen LogP contribution is 2.42. The molecule has 2 aliphatic rings. The average Bonchev–Trinajstić information content (AvgIpc) is 2.67. The second kappa shape index (κ2) is 8.56. The molecule has 0 bridgehead atoms. The third kappa shape index (κ3) is 4.19. The summed E-state index contributed by atoms with van der Waals surface area (Å²) in [5.41, 5.74) is 0.968. The topological polar surface area (TPSA) is 55.8 Å². The number of fused-ring (bicyclic) bond motifs is 1. The predicted octanol–water partition coefficient (Wildman–Crippen LogP) is 4.16. The van der Waals surface area contributed by atoms with E-state index < -0.39 is 0 Å². The Morgan fingerprint density at radius 2 is 1.88 bits per heavy atom. The maximum Gasteiger partial charge on any atom is 0.410 e. The molecule has 3 rings (SSSR count). The molecule has 0 aromatic heterocycles. The van der Waals surface area contributed by atoms with Crippen molar-refractivity contribution >= 4 is 12.1 Å². The summed E-state index contributed by atoms with van der Waals surface area (Å²) in [7, 11) is 1.40. The molecule has 0 unspecified atom stereocenters. The van der Waals surface area contributed by atoms with E-state index in [9.17, 15) is 9.59 Å². The number of esters is 1. The zero-order chi connectivity index (χ0) is 18.5. The minimum Gasteiger partial charge on any atom is -0.469 e. The van der Waals surface area contributed by atoms with Gasteiger partial charge in [0.1, 0.15) is 6.61 Å². The minimum absolute atomic E-state index is 0.128. The molecule has 1 saturated carbocycles. The van der Waals surface area contributed by atoms with Gasteiger partial charge >= 0.3 is 12.1 Å². The van der Waals surface area contributed by atoms with Crippen molar-refractivity contribution in [3.05, 3.63) is 35.9 Å². The molecule has 1 saturated heterocycles. The lowest BCUT2D eigenvalue weighted by molar-refractivity contribution is -0.143. The number of ether oxygens (including phenoxy) is 2. The summed E-state index contributed by atoms with van der Waals surface area (Å²) < 4.78 is 10.5. The number of methoxy groups -OCH3 is 1. The number of carbonyl (C=O) groups is 2. The number of likely N-dealkylation sites (tertiary alicyclic amines) is 1. The number of piperidine rings is 1. The normalized spacial score (nSPS) is 28.2. The fourth-order valence-corrected chi connectivity index (χ4v) is 4.63. The lowest BCUT2D eigenvalue weighted by Crippen LogP contribution is -2.57. The summed E-state index contributed by atoms with van der Waals surface area (Å²) in [5.74, 6) is 0.845. The van der Waals surface area contributed by atoms with Crippen molar-refractivity contribution in [2.24, 2.45) is 11.8 Å². The fraction of sp³-hybridized carbons (Fsp3) is 0.619. The molecular formula is C21H29NO4. The molecule has 1 aromatic carbocycles. The number of carbonyl (C=O) groups excluding carboxylic acids is 2. The van der Waals surface area contributed by atoms with E-state index in [1.165, 1.54) is 13.5 Å². The van der Waals surface area contributed by atoms with Crippen molar-refractivity contribution in [2.75, 3.05) is 7.11 Å². The molecule has 5 nitrogen and oxygen atoms in total. The zero-order valence-electron chi connectivity index (χ0n) is 15.7. The third-order valence-electron chi connectivity index (χ3n) is 6.01. The first kappa shape index (κ1) is 18.7.